The van der Waals surface area contributed by atoms with Crippen LogP contribution in [0.1, 0.15) is 36.0 Å². The van der Waals surface area contributed by atoms with Crippen LogP contribution in [0.2, 0.25) is 0 Å². The molecule has 2 rings (SSSR count). The number of ketones is 1. The molecule has 0 aliphatic carbocycles. The number of benzene rings is 1. The first kappa shape index (κ1) is 12.2. The average Bonchev–Trinajstić information content (AvgIpc) is 2.60. The van der Waals surface area contributed by atoms with Gasteiger partial charge in [-0.1, -0.05) is 12.8 Å². The number of hydrogen-bond acceptors (Lipinski definition) is 2. The first-order valence-corrected chi connectivity index (χ1v) is 5.91. The lowest BCUT2D eigenvalue weighted by Gasteiger charge is -2.14. The summed E-state index contributed by atoms with van der Waals surface area (Å²) in [6.07, 6.45) is 3.73. The van der Waals surface area contributed by atoms with Crippen molar-refractivity contribution in [2.24, 2.45) is 0 Å². The highest BCUT2D eigenvalue weighted by Crippen LogP contribution is 2.16. The monoisotopic (exact) mass is 239 g/mol. The predicted octanol–water partition coefficient (Wildman–Crippen LogP) is 2.68. The van der Waals surface area contributed by atoms with Gasteiger partial charge in [0.1, 0.15) is 11.6 Å². The van der Waals surface area contributed by atoms with E-state index in [1.807, 2.05) is 0 Å². The lowest BCUT2D eigenvalue weighted by molar-refractivity contribution is 0.0936. The van der Waals surface area contributed by atoms with Crippen LogP contribution < -0.4 is 5.32 Å². The third-order valence-corrected chi connectivity index (χ3v) is 3.07. The second kappa shape index (κ2) is 5.36. The molecule has 4 heteroatoms. The number of nitrogens with one attached hydrogen (secondary N) is 1. The van der Waals surface area contributed by atoms with E-state index in [4.69, 9.17) is 0 Å². The number of Topliss-reactive ketones (excluding diaryl/α,β-unsaturated/α-hetero) is 1. The summed E-state index contributed by atoms with van der Waals surface area (Å²) >= 11 is 0. The van der Waals surface area contributed by atoms with E-state index >= 15 is 0 Å². The molecule has 0 saturated carbocycles. The van der Waals surface area contributed by atoms with Crippen LogP contribution in [0, 0.1) is 11.6 Å². The lowest BCUT2D eigenvalue weighted by atomic mass is 10.00. The summed E-state index contributed by atoms with van der Waals surface area (Å²) in [6.45, 7) is 0.757. The van der Waals surface area contributed by atoms with Crippen molar-refractivity contribution >= 4 is 5.78 Å². The van der Waals surface area contributed by atoms with E-state index in [0.717, 1.165) is 44.0 Å². The van der Waals surface area contributed by atoms with Crippen LogP contribution in [0.5, 0.6) is 0 Å². The van der Waals surface area contributed by atoms with Crippen molar-refractivity contribution in [3.05, 3.63) is 35.4 Å². The van der Waals surface area contributed by atoms with Crippen LogP contribution in [0.3, 0.4) is 0 Å². The highest BCUT2D eigenvalue weighted by Gasteiger charge is 2.23. The fraction of sp³-hybridized carbons (Fsp3) is 0.462. The Hall–Kier alpha value is -1.29. The van der Waals surface area contributed by atoms with Gasteiger partial charge in [-0.15, -0.1) is 0 Å². The number of carbonyl (C=O) groups excluding carboxylic acids is 1. The summed E-state index contributed by atoms with van der Waals surface area (Å²) in [7, 11) is 0. The average molecular weight is 239 g/mol. The summed E-state index contributed by atoms with van der Waals surface area (Å²) in [4.78, 5) is 12.1. The molecule has 1 saturated heterocycles. The number of halogens is 2. The standard InChI is InChI=1S/C13H15F2NO/c14-9-5-6-11(15)10(8-9)13(17)12-4-2-1-3-7-16-12/h5-6,8,12,16H,1-4,7H2. The van der Waals surface area contributed by atoms with Crippen LogP contribution in [0.25, 0.3) is 0 Å². The van der Waals surface area contributed by atoms with Gasteiger partial charge in [0, 0.05) is 0 Å². The molecule has 0 spiro atoms. The molecule has 0 amide bonds. The van der Waals surface area contributed by atoms with E-state index in [1.54, 1.807) is 0 Å². The van der Waals surface area contributed by atoms with Gasteiger partial charge in [0.2, 0.25) is 0 Å². The van der Waals surface area contributed by atoms with Gasteiger partial charge in [-0.3, -0.25) is 4.79 Å². The zero-order chi connectivity index (χ0) is 12.3. The quantitative estimate of drug-likeness (QED) is 0.804. The fourth-order valence-electron chi connectivity index (χ4n) is 2.13. The van der Waals surface area contributed by atoms with Gasteiger partial charge in [-0.05, 0) is 37.6 Å². The molecule has 1 atom stereocenters. The van der Waals surface area contributed by atoms with Crippen molar-refractivity contribution < 1.29 is 13.6 Å². The molecular weight excluding hydrogens is 224 g/mol. The Morgan fingerprint density at radius 1 is 1.24 bits per heavy atom. The van der Waals surface area contributed by atoms with Gasteiger partial charge in [-0.2, -0.15) is 0 Å². The molecule has 17 heavy (non-hydrogen) atoms. The third-order valence-electron chi connectivity index (χ3n) is 3.07. The minimum Gasteiger partial charge on any atom is -0.307 e. The van der Waals surface area contributed by atoms with Gasteiger partial charge in [0.25, 0.3) is 0 Å². The fourth-order valence-corrected chi connectivity index (χ4v) is 2.13. The van der Waals surface area contributed by atoms with Crippen molar-refractivity contribution in [2.45, 2.75) is 31.7 Å². The van der Waals surface area contributed by atoms with E-state index in [2.05, 4.69) is 5.32 Å². The smallest absolute Gasteiger partial charge is 0.182 e. The molecular formula is C13H15F2NO. The number of rotatable bonds is 2. The maximum Gasteiger partial charge on any atom is 0.182 e. The third kappa shape index (κ3) is 2.88. The Kier molecular flexibility index (Phi) is 3.84. The number of carbonyl (C=O) groups is 1. The summed E-state index contributed by atoms with van der Waals surface area (Å²) in [5.41, 5.74) is -0.149. The van der Waals surface area contributed by atoms with Gasteiger partial charge in [0.15, 0.2) is 5.78 Å². The van der Waals surface area contributed by atoms with Crippen LogP contribution in [-0.4, -0.2) is 18.4 Å². The minimum absolute atomic E-state index is 0.149. The molecule has 0 radical (unpaired) electrons. The Balaban J connectivity index is 2.20. The number of hydrogen-bond donors (Lipinski definition) is 1. The molecule has 0 bridgehead atoms. The van der Waals surface area contributed by atoms with Crippen LogP contribution in [0.4, 0.5) is 8.78 Å². The Labute approximate surface area is 99.0 Å². The Morgan fingerprint density at radius 3 is 2.88 bits per heavy atom. The van der Waals surface area contributed by atoms with E-state index in [1.165, 1.54) is 0 Å². The zero-order valence-electron chi connectivity index (χ0n) is 9.51. The Morgan fingerprint density at radius 2 is 2.06 bits per heavy atom. The largest absolute Gasteiger partial charge is 0.307 e. The molecule has 1 aliphatic rings. The molecule has 1 aliphatic heterocycles. The molecule has 1 unspecified atom stereocenters. The topological polar surface area (TPSA) is 29.1 Å². The lowest BCUT2D eigenvalue weighted by Crippen LogP contribution is -2.36. The molecule has 1 aromatic carbocycles. The molecule has 1 N–H and O–H groups in total. The van der Waals surface area contributed by atoms with Crippen molar-refractivity contribution in [1.82, 2.24) is 5.32 Å². The van der Waals surface area contributed by atoms with Gasteiger partial charge in [-0.25, -0.2) is 8.78 Å². The van der Waals surface area contributed by atoms with Crippen molar-refractivity contribution in [1.29, 1.82) is 0 Å². The van der Waals surface area contributed by atoms with Crippen molar-refractivity contribution in [2.75, 3.05) is 6.54 Å². The van der Waals surface area contributed by atoms with Gasteiger partial charge in [0.05, 0.1) is 11.6 Å². The zero-order valence-corrected chi connectivity index (χ0v) is 9.51. The molecule has 92 valence electrons. The maximum atomic E-state index is 13.5. The SMILES string of the molecule is O=C(c1cc(F)ccc1F)C1CCCCCN1. The first-order valence-electron chi connectivity index (χ1n) is 5.91. The Bertz CT molecular complexity index is 412. The summed E-state index contributed by atoms with van der Waals surface area (Å²) in [6, 6.07) is 2.62. The molecule has 1 aromatic rings. The van der Waals surface area contributed by atoms with E-state index in [9.17, 15) is 13.6 Å². The molecule has 1 heterocycles. The van der Waals surface area contributed by atoms with E-state index in [0.29, 0.717) is 6.42 Å². The maximum absolute atomic E-state index is 13.5. The van der Waals surface area contributed by atoms with Crippen LogP contribution in [0.15, 0.2) is 18.2 Å². The second-order valence-electron chi connectivity index (χ2n) is 4.34. The molecule has 2 nitrogen and oxygen atoms in total. The van der Waals surface area contributed by atoms with Crippen LogP contribution in [-0.2, 0) is 0 Å². The predicted molar refractivity (Wildman–Crippen MR) is 60.9 cm³/mol. The summed E-state index contributed by atoms with van der Waals surface area (Å²) < 4.78 is 26.5. The highest BCUT2D eigenvalue weighted by molar-refractivity contribution is 6.00. The van der Waals surface area contributed by atoms with Crippen molar-refractivity contribution in [3.63, 3.8) is 0 Å². The van der Waals surface area contributed by atoms with Gasteiger partial charge >= 0.3 is 0 Å². The van der Waals surface area contributed by atoms with Crippen LogP contribution >= 0.6 is 0 Å². The highest BCUT2D eigenvalue weighted by atomic mass is 19.1. The van der Waals surface area contributed by atoms with Gasteiger partial charge < -0.3 is 5.32 Å². The van der Waals surface area contributed by atoms with Crippen molar-refractivity contribution in [3.8, 4) is 0 Å². The first-order chi connectivity index (χ1) is 8.18. The second-order valence-corrected chi connectivity index (χ2v) is 4.34. The summed E-state index contributed by atoms with van der Waals surface area (Å²) in [5.74, 6) is -1.57. The normalized spacial score (nSPS) is 20.9. The molecule has 1 fully saturated rings. The summed E-state index contributed by atoms with van der Waals surface area (Å²) in [5, 5.41) is 3.09. The van der Waals surface area contributed by atoms with E-state index in [-0.39, 0.29) is 17.4 Å². The molecule has 0 aromatic heterocycles. The minimum atomic E-state index is -0.651. The van der Waals surface area contributed by atoms with E-state index < -0.39 is 11.6 Å².